The Balaban J connectivity index is 4.65. The summed E-state index contributed by atoms with van der Waals surface area (Å²) in [5.74, 6) is -0.488. The highest BCUT2D eigenvalue weighted by molar-refractivity contribution is 6.28. The van der Waals surface area contributed by atoms with Gasteiger partial charge in [-0.25, -0.2) is 4.79 Å². The van der Waals surface area contributed by atoms with Gasteiger partial charge < -0.3 is 9.84 Å². The SMILES string of the molecule is CC(C)CC(C)(OC(=O)O)C(=O)CCl. The highest BCUT2D eigenvalue weighted by Gasteiger charge is 2.37. The lowest BCUT2D eigenvalue weighted by atomic mass is 9.91. The molecular formula is C9H15ClO4. The number of halogens is 1. The number of ketones is 1. The van der Waals surface area contributed by atoms with Crippen LogP contribution in [0.2, 0.25) is 0 Å². The Hall–Kier alpha value is -0.770. The molecule has 5 heteroatoms. The van der Waals surface area contributed by atoms with Crippen molar-refractivity contribution in [2.24, 2.45) is 5.92 Å². The average molecular weight is 223 g/mol. The number of ether oxygens (including phenoxy) is 1. The van der Waals surface area contributed by atoms with E-state index in [1.54, 1.807) is 0 Å². The van der Waals surface area contributed by atoms with Crippen molar-refractivity contribution in [2.75, 3.05) is 5.88 Å². The van der Waals surface area contributed by atoms with Crippen LogP contribution in [0.3, 0.4) is 0 Å². The summed E-state index contributed by atoms with van der Waals surface area (Å²) in [4.78, 5) is 21.8. The second kappa shape index (κ2) is 5.20. The van der Waals surface area contributed by atoms with Crippen LogP contribution in [0.4, 0.5) is 4.79 Å². The van der Waals surface area contributed by atoms with Gasteiger partial charge in [0.1, 0.15) is 0 Å². The van der Waals surface area contributed by atoms with Crippen LogP contribution >= 0.6 is 11.6 Å². The summed E-state index contributed by atoms with van der Waals surface area (Å²) < 4.78 is 4.58. The van der Waals surface area contributed by atoms with E-state index in [0.29, 0.717) is 6.42 Å². The van der Waals surface area contributed by atoms with Crippen LogP contribution in [0.15, 0.2) is 0 Å². The molecule has 0 saturated carbocycles. The number of rotatable bonds is 5. The van der Waals surface area contributed by atoms with E-state index in [1.165, 1.54) is 6.92 Å². The standard InChI is InChI=1S/C9H15ClO4/c1-6(2)4-9(3,7(11)5-10)14-8(12)13/h6H,4-5H2,1-3H3,(H,12,13). The molecule has 0 heterocycles. The third kappa shape index (κ3) is 3.96. The van der Waals surface area contributed by atoms with Gasteiger partial charge in [-0.2, -0.15) is 0 Å². The average Bonchev–Trinajstić information content (AvgIpc) is 1.99. The number of alkyl halides is 1. The van der Waals surface area contributed by atoms with Gasteiger partial charge in [0.05, 0.1) is 5.88 Å². The number of Topliss-reactive ketones (excluding diaryl/α,β-unsaturated/α-hetero) is 1. The smallest absolute Gasteiger partial charge is 0.450 e. The Bertz CT molecular complexity index is 227. The van der Waals surface area contributed by atoms with Gasteiger partial charge >= 0.3 is 6.16 Å². The molecule has 0 aliphatic heterocycles. The van der Waals surface area contributed by atoms with Crippen molar-refractivity contribution in [1.29, 1.82) is 0 Å². The lowest BCUT2D eigenvalue weighted by molar-refractivity contribution is -0.136. The molecule has 0 aromatic rings. The van der Waals surface area contributed by atoms with E-state index in [4.69, 9.17) is 16.7 Å². The van der Waals surface area contributed by atoms with Crippen LogP contribution in [0.5, 0.6) is 0 Å². The normalized spacial score (nSPS) is 14.9. The van der Waals surface area contributed by atoms with Crippen molar-refractivity contribution < 1.29 is 19.4 Å². The van der Waals surface area contributed by atoms with Crippen molar-refractivity contribution >= 4 is 23.5 Å². The van der Waals surface area contributed by atoms with Gasteiger partial charge in [0, 0.05) is 0 Å². The van der Waals surface area contributed by atoms with Gasteiger partial charge in [-0.3, -0.25) is 4.79 Å². The van der Waals surface area contributed by atoms with E-state index >= 15 is 0 Å². The summed E-state index contributed by atoms with van der Waals surface area (Å²) in [7, 11) is 0. The summed E-state index contributed by atoms with van der Waals surface area (Å²) >= 11 is 5.38. The molecule has 0 aliphatic carbocycles. The molecule has 0 rings (SSSR count). The maximum atomic E-state index is 11.4. The van der Waals surface area contributed by atoms with Crippen molar-refractivity contribution in [1.82, 2.24) is 0 Å². The molecule has 0 aromatic carbocycles. The van der Waals surface area contributed by atoms with Crippen molar-refractivity contribution in [3.63, 3.8) is 0 Å². The van der Waals surface area contributed by atoms with Crippen molar-refractivity contribution in [3.8, 4) is 0 Å². The van der Waals surface area contributed by atoms with E-state index in [1.807, 2.05) is 13.8 Å². The number of hydrogen-bond donors (Lipinski definition) is 1. The fraction of sp³-hybridized carbons (Fsp3) is 0.778. The molecule has 0 aromatic heterocycles. The fourth-order valence-electron chi connectivity index (χ4n) is 1.33. The zero-order valence-electron chi connectivity index (χ0n) is 8.54. The molecular weight excluding hydrogens is 208 g/mol. The highest BCUT2D eigenvalue weighted by Crippen LogP contribution is 2.23. The van der Waals surface area contributed by atoms with Crippen molar-refractivity contribution in [3.05, 3.63) is 0 Å². The van der Waals surface area contributed by atoms with Crippen LogP contribution in [0, 0.1) is 5.92 Å². The molecule has 1 unspecified atom stereocenters. The predicted octanol–water partition coefficient (Wildman–Crippen LogP) is 2.29. The van der Waals surface area contributed by atoms with E-state index in [-0.39, 0.29) is 11.8 Å². The maximum absolute atomic E-state index is 11.4. The summed E-state index contributed by atoms with van der Waals surface area (Å²) in [6.07, 6.45) is -1.11. The molecule has 14 heavy (non-hydrogen) atoms. The first-order chi connectivity index (χ1) is 6.31. The Morgan fingerprint density at radius 2 is 2.00 bits per heavy atom. The molecule has 4 nitrogen and oxygen atoms in total. The van der Waals surface area contributed by atoms with Crippen LogP contribution in [0.1, 0.15) is 27.2 Å². The molecule has 0 radical (unpaired) electrons. The molecule has 0 spiro atoms. The first kappa shape index (κ1) is 13.2. The second-order valence-electron chi connectivity index (χ2n) is 3.75. The van der Waals surface area contributed by atoms with Gasteiger partial charge in [-0.15, -0.1) is 11.6 Å². The summed E-state index contributed by atoms with van der Waals surface area (Å²) in [5, 5.41) is 8.49. The van der Waals surface area contributed by atoms with Gasteiger partial charge in [0.15, 0.2) is 11.4 Å². The summed E-state index contributed by atoms with van der Waals surface area (Å²) in [6.45, 7) is 5.21. The molecule has 0 aliphatic rings. The molecule has 1 atom stereocenters. The number of carboxylic acid groups (broad SMARTS) is 1. The van der Waals surface area contributed by atoms with E-state index in [2.05, 4.69) is 4.74 Å². The molecule has 0 amide bonds. The zero-order valence-corrected chi connectivity index (χ0v) is 9.30. The molecule has 0 saturated heterocycles. The Morgan fingerprint density at radius 3 is 2.29 bits per heavy atom. The fourth-order valence-corrected chi connectivity index (χ4v) is 1.61. The molecule has 1 N–H and O–H groups in total. The highest BCUT2D eigenvalue weighted by atomic mass is 35.5. The number of hydrogen-bond acceptors (Lipinski definition) is 3. The second-order valence-corrected chi connectivity index (χ2v) is 4.02. The predicted molar refractivity (Wildman–Crippen MR) is 52.7 cm³/mol. The monoisotopic (exact) mass is 222 g/mol. The maximum Gasteiger partial charge on any atom is 0.506 e. The van der Waals surface area contributed by atoms with Crippen LogP contribution in [-0.2, 0) is 9.53 Å². The Kier molecular flexibility index (Phi) is 4.91. The number of carbonyl (C=O) groups excluding carboxylic acids is 1. The lowest BCUT2D eigenvalue weighted by Gasteiger charge is -2.27. The zero-order chi connectivity index (χ0) is 11.4. The third-order valence-electron chi connectivity index (χ3n) is 1.82. The lowest BCUT2D eigenvalue weighted by Crippen LogP contribution is -2.42. The van der Waals surface area contributed by atoms with Crippen LogP contribution < -0.4 is 0 Å². The quantitative estimate of drug-likeness (QED) is 0.573. The minimum atomic E-state index is -1.45. The minimum absolute atomic E-state index is 0.159. The van der Waals surface area contributed by atoms with Gasteiger partial charge in [-0.05, 0) is 19.3 Å². The summed E-state index contributed by atoms with van der Waals surface area (Å²) in [5.41, 5.74) is -1.32. The van der Waals surface area contributed by atoms with Crippen LogP contribution in [-0.4, -0.2) is 28.5 Å². The van der Waals surface area contributed by atoms with E-state index in [0.717, 1.165) is 0 Å². The first-order valence-electron chi connectivity index (χ1n) is 4.33. The van der Waals surface area contributed by atoms with E-state index < -0.39 is 17.5 Å². The number of carbonyl (C=O) groups is 2. The first-order valence-corrected chi connectivity index (χ1v) is 4.86. The Morgan fingerprint density at radius 1 is 1.50 bits per heavy atom. The Labute approximate surface area is 88.2 Å². The van der Waals surface area contributed by atoms with Crippen LogP contribution in [0.25, 0.3) is 0 Å². The minimum Gasteiger partial charge on any atom is -0.450 e. The van der Waals surface area contributed by atoms with Crippen molar-refractivity contribution in [2.45, 2.75) is 32.8 Å². The summed E-state index contributed by atoms with van der Waals surface area (Å²) in [6, 6.07) is 0. The van der Waals surface area contributed by atoms with Gasteiger partial charge in [-0.1, -0.05) is 13.8 Å². The van der Waals surface area contributed by atoms with Gasteiger partial charge in [0.25, 0.3) is 0 Å². The molecule has 0 bridgehead atoms. The molecule has 82 valence electrons. The largest absolute Gasteiger partial charge is 0.506 e. The third-order valence-corrected chi connectivity index (χ3v) is 2.06. The topological polar surface area (TPSA) is 63.6 Å². The molecule has 0 fully saturated rings. The van der Waals surface area contributed by atoms with E-state index in [9.17, 15) is 9.59 Å². The van der Waals surface area contributed by atoms with Gasteiger partial charge in [0.2, 0.25) is 0 Å².